The molecular weight excluding hydrogens is 210 g/mol. The van der Waals surface area contributed by atoms with Crippen LogP contribution in [0.15, 0.2) is 23.1 Å². The molecule has 0 saturated heterocycles. The molecule has 0 amide bonds. The van der Waals surface area contributed by atoms with E-state index in [1.54, 1.807) is 25.1 Å². The lowest BCUT2D eigenvalue weighted by Gasteiger charge is -2.11. The second-order valence-electron chi connectivity index (χ2n) is 3.11. The molecule has 2 N–H and O–H groups in total. The molecule has 0 aliphatic heterocycles. The van der Waals surface area contributed by atoms with Crippen LogP contribution >= 0.6 is 11.8 Å². The van der Waals surface area contributed by atoms with E-state index in [9.17, 15) is 5.11 Å². The highest BCUT2D eigenvalue weighted by molar-refractivity contribution is 7.99. The van der Waals surface area contributed by atoms with Crippen LogP contribution in [0.1, 0.15) is 24.2 Å². The van der Waals surface area contributed by atoms with E-state index < -0.39 is 6.10 Å². The van der Waals surface area contributed by atoms with Gasteiger partial charge in [-0.05, 0) is 24.6 Å². The topological polar surface area (TPSA) is 64.2 Å². The maximum Gasteiger partial charge on any atom is 0.0992 e. The summed E-state index contributed by atoms with van der Waals surface area (Å²) >= 11 is 1.44. The maximum atomic E-state index is 9.51. The first kappa shape index (κ1) is 12.1. The van der Waals surface area contributed by atoms with Gasteiger partial charge in [-0.3, -0.25) is 0 Å². The molecule has 0 heterocycles. The van der Waals surface area contributed by atoms with Crippen molar-refractivity contribution < 1.29 is 10.2 Å². The molecule has 0 spiro atoms. The van der Waals surface area contributed by atoms with Crippen LogP contribution < -0.4 is 0 Å². The van der Waals surface area contributed by atoms with Crippen LogP contribution in [0.25, 0.3) is 0 Å². The van der Waals surface area contributed by atoms with E-state index in [2.05, 4.69) is 6.07 Å². The zero-order valence-corrected chi connectivity index (χ0v) is 9.29. The van der Waals surface area contributed by atoms with Gasteiger partial charge in [0.2, 0.25) is 0 Å². The monoisotopic (exact) mass is 223 g/mol. The molecule has 0 aliphatic rings. The molecule has 0 bridgehead atoms. The van der Waals surface area contributed by atoms with Gasteiger partial charge in [0.25, 0.3) is 0 Å². The van der Waals surface area contributed by atoms with E-state index in [-0.39, 0.29) is 6.61 Å². The number of nitriles is 1. The molecule has 1 atom stereocenters. The largest absolute Gasteiger partial charge is 0.396 e. The van der Waals surface area contributed by atoms with Crippen LogP contribution in [-0.2, 0) is 0 Å². The van der Waals surface area contributed by atoms with Gasteiger partial charge >= 0.3 is 0 Å². The molecule has 0 saturated carbocycles. The molecule has 0 aromatic heterocycles. The predicted molar refractivity (Wildman–Crippen MR) is 59.6 cm³/mol. The van der Waals surface area contributed by atoms with Crippen LogP contribution in [0.4, 0.5) is 0 Å². The van der Waals surface area contributed by atoms with Gasteiger partial charge in [0.15, 0.2) is 0 Å². The third kappa shape index (κ3) is 3.24. The van der Waals surface area contributed by atoms with Crippen LogP contribution in [0, 0.1) is 11.3 Å². The summed E-state index contributed by atoms with van der Waals surface area (Å²) in [4.78, 5) is 0.859. The van der Waals surface area contributed by atoms with E-state index >= 15 is 0 Å². The molecule has 0 radical (unpaired) electrons. The number of rotatable bonds is 4. The van der Waals surface area contributed by atoms with Crippen molar-refractivity contribution in [3.63, 3.8) is 0 Å². The van der Waals surface area contributed by atoms with Gasteiger partial charge in [0.05, 0.1) is 24.3 Å². The van der Waals surface area contributed by atoms with E-state index in [0.717, 1.165) is 10.5 Å². The summed E-state index contributed by atoms with van der Waals surface area (Å²) in [5.41, 5.74) is 1.37. The van der Waals surface area contributed by atoms with Crippen molar-refractivity contribution in [1.29, 1.82) is 5.26 Å². The van der Waals surface area contributed by atoms with Gasteiger partial charge in [-0.2, -0.15) is 5.26 Å². The molecule has 0 unspecified atom stereocenters. The summed E-state index contributed by atoms with van der Waals surface area (Å²) in [6.07, 6.45) is -0.557. The van der Waals surface area contributed by atoms with Gasteiger partial charge in [-0.1, -0.05) is 6.07 Å². The number of thioether (sulfide) groups is 1. The smallest absolute Gasteiger partial charge is 0.0992 e. The van der Waals surface area contributed by atoms with Crippen LogP contribution in [0.2, 0.25) is 0 Å². The van der Waals surface area contributed by atoms with E-state index in [1.807, 2.05) is 0 Å². The average Bonchev–Trinajstić information content (AvgIpc) is 2.25. The summed E-state index contributed by atoms with van der Waals surface area (Å²) in [5.74, 6) is 0.564. The lowest BCUT2D eigenvalue weighted by Crippen LogP contribution is -1.96. The first-order valence-electron chi connectivity index (χ1n) is 4.64. The highest BCUT2D eigenvalue weighted by atomic mass is 32.2. The normalized spacial score (nSPS) is 12.1. The van der Waals surface area contributed by atoms with Crippen molar-refractivity contribution in [2.45, 2.75) is 17.9 Å². The molecule has 1 aromatic rings. The number of hydrogen-bond donors (Lipinski definition) is 2. The summed E-state index contributed by atoms with van der Waals surface area (Å²) in [6, 6.07) is 7.23. The van der Waals surface area contributed by atoms with Crippen molar-refractivity contribution in [2.75, 3.05) is 12.4 Å². The van der Waals surface area contributed by atoms with Crippen molar-refractivity contribution in [3.05, 3.63) is 29.3 Å². The molecule has 4 heteroatoms. The summed E-state index contributed by atoms with van der Waals surface area (Å²) in [7, 11) is 0. The lowest BCUT2D eigenvalue weighted by molar-refractivity contribution is 0.196. The first-order valence-corrected chi connectivity index (χ1v) is 5.63. The minimum atomic E-state index is -0.557. The molecular formula is C11H13NO2S. The van der Waals surface area contributed by atoms with E-state index in [4.69, 9.17) is 10.4 Å². The second-order valence-corrected chi connectivity index (χ2v) is 4.25. The Morgan fingerprint density at radius 1 is 1.53 bits per heavy atom. The van der Waals surface area contributed by atoms with Gasteiger partial charge in [-0.25, -0.2) is 0 Å². The SMILES string of the molecule is C[C@H](O)c1ccc(C#N)cc1SCCO. The van der Waals surface area contributed by atoms with E-state index in [1.165, 1.54) is 11.8 Å². The standard InChI is InChI=1S/C11H13NO2S/c1-8(14)10-3-2-9(7-12)6-11(10)15-5-4-13/h2-3,6,8,13-14H,4-5H2,1H3/t8-/m0/s1. The molecule has 15 heavy (non-hydrogen) atoms. The lowest BCUT2D eigenvalue weighted by atomic mass is 10.1. The number of benzene rings is 1. The Balaban J connectivity index is 3.01. The Morgan fingerprint density at radius 3 is 2.80 bits per heavy atom. The Morgan fingerprint density at radius 2 is 2.27 bits per heavy atom. The Hall–Kier alpha value is -1.02. The van der Waals surface area contributed by atoms with Crippen LogP contribution in [0.3, 0.4) is 0 Å². The minimum absolute atomic E-state index is 0.0840. The number of hydrogen-bond acceptors (Lipinski definition) is 4. The Labute approximate surface area is 93.4 Å². The zero-order chi connectivity index (χ0) is 11.3. The number of aliphatic hydroxyl groups is 2. The molecule has 80 valence electrons. The van der Waals surface area contributed by atoms with Crippen molar-refractivity contribution >= 4 is 11.8 Å². The van der Waals surface area contributed by atoms with Gasteiger partial charge in [0.1, 0.15) is 0 Å². The van der Waals surface area contributed by atoms with Gasteiger partial charge in [0, 0.05) is 10.6 Å². The summed E-state index contributed by atoms with van der Waals surface area (Å²) < 4.78 is 0. The van der Waals surface area contributed by atoms with Crippen molar-refractivity contribution in [1.82, 2.24) is 0 Å². The summed E-state index contributed by atoms with van der Waals surface area (Å²) in [6.45, 7) is 1.77. The third-order valence-electron chi connectivity index (χ3n) is 1.94. The van der Waals surface area contributed by atoms with Crippen LogP contribution in [0.5, 0.6) is 0 Å². The molecule has 0 aliphatic carbocycles. The third-order valence-corrected chi connectivity index (χ3v) is 2.99. The fraction of sp³-hybridized carbons (Fsp3) is 0.364. The summed E-state index contributed by atoms with van der Waals surface area (Å²) in [5, 5.41) is 27.0. The predicted octanol–water partition coefficient (Wildman–Crippen LogP) is 1.70. The van der Waals surface area contributed by atoms with Crippen molar-refractivity contribution in [2.24, 2.45) is 0 Å². The molecule has 1 aromatic carbocycles. The second kappa shape index (κ2) is 5.76. The van der Waals surface area contributed by atoms with Crippen LogP contribution in [-0.4, -0.2) is 22.6 Å². The number of aliphatic hydroxyl groups excluding tert-OH is 2. The Bertz CT molecular complexity index is 371. The highest BCUT2D eigenvalue weighted by Crippen LogP contribution is 2.28. The fourth-order valence-corrected chi connectivity index (χ4v) is 2.16. The fourth-order valence-electron chi connectivity index (χ4n) is 1.23. The highest BCUT2D eigenvalue weighted by Gasteiger charge is 2.09. The minimum Gasteiger partial charge on any atom is -0.396 e. The first-order chi connectivity index (χ1) is 7.19. The van der Waals surface area contributed by atoms with Gasteiger partial charge in [-0.15, -0.1) is 11.8 Å². The van der Waals surface area contributed by atoms with E-state index in [0.29, 0.717) is 11.3 Å². The maximum absolute atomic E-state index is 9.51. The van der Waals surface area contributed by atoms with Gasteiger partial charge < -0.3 is 10.2 Å². The molecule has 0 fully saturated rings. The molecule has 1 rings (SSSR count). The zero-order valence-electron chi connectivity index (χ0n) is 8.47. The Kier molecular flexibility index (Phi) is 4.63. The van der Waals surface area contributed by atoms with Crippen molar-refractivity contribution in [3.8, 4) is 6.07 Å². The molecule has 3 nitrogen and oxygen atoms in total. The number of nitrogens with zero attached hydrogens (tertiary/aromatic N) is 1. The quantitative estimate of drug-likeness (QED) is 0.762. The average molecular weight is 223 g/mol.